The number of nitrogens with zero attached hydrogens (tertiary/aromatic N) is 2. The van der Waals surface area contributed by atoms with Gasteiger partial charge in [0.15, 0.2) is 0 Å². The molecule has 1 aromatic rings. The monoisotopic (exact) mass is 357 g/mol. The maximum absolute atomic E-state index is 12.6. The molecule has 5 heteroatoms. The SMILES string of the molecule is CC(C)CN1CC(C(=O)NC2CCN(Cc3ccccc3)CC2)CC1=O. The summed E-state index contributed by atoms with van der Waals surface area (Å²) in [5.74, 6) is 0.445. The summed E-state index contributed by atoms with van der Waals surface area (Å²) in [4.78, 5) is 28.9. The highest BCUT2D eigenvalue weighted by Gasteiger charge is 2.35. The Morgan fingerprint density at radius 2 is 1.88 bits per heavy atom. The van der Waals surface area contributed by atoms with E-state index < -0.39 is 0 Å². The van der Waals surface area contributed by atoms with Crippen LogP contribution in [-0.4, -0.2) is 53.8 Å². The van der Waals surface area contributed by atoms with Gasteiger partial charge in [-0.05, 0) is 24.3 Å². The van der Waals surface area contributed by atoms with E-state index in [4.69, 9.17) is 0 Å². The summed E-state index contributed by atoms with van der Waals surface area (Å²) in [6, 6.07) is 10.8. The summed E-state index contributed by atoms with van der Waals surface area (Å²) < 4.78 is 0. The average molecular weight is 357 g/mol. The third kappa shape index (κ3) is 5.07. The van der Waals surface area contributed by atoms with E-state index in [1.54, 1.807) is 0 Å². The molecule has 0 saturated carbocycles. The van der Waals surface area contributed by atoms with Gasteiger partial charge in [-0.25, -0.2) is 0 Å². The molecule has 0 aliphatic carbocycles. The Labute approximate surface area is 156 Å². The highest BCUT2D eigenvalue weighted by atomic mass is 16.2. The minimum Gasteiger partial charge on any atom is -0.353 e. The molecule has 2 fully saturated rings. The third-order valence-electron chi connectivity index (χ3n) is 5.35. The quantitative estimate of drug-likeness (QED) is 0.850. The van der Waals surface area contributed by atoms with Gasteiger partial charge in [0.2, 0.25) is 11.8 Å². The predicted molar refractivity (Wildman–Crippen MR) is 102 cm³/mol. The van der Waals surface area contributed by atoms with Crippen LogP contribution in [0.1, 0.15) is 38.7 Å². The number of hydrogen-bond acceptors (Lipinski definition) is 3. The van der Waals surface area contributed by atoms with Crippen molar-refractivity contribution in [1.82, 2.24) is 15.1 Å². The normalized spacial score (nSPS) is 22.2. The Hall–Kier alpha value is -1.88. The van der Waals surface area contributed by atoms with Crippen LogP contribution in [0.3, 0.4) is 0 Å². The zero-order valence-corrected chi connectivity index (χ0v) is 16.0. The average Bonchev–Trinajstić information content (AvgIpc) is 2.98. The zero-order valence-electron chi connectivity index (χ0n) is 16.0. The first-order chi connectivity index (χ1) is 12.5. The van der Waals surface area contributed by atoms with E-state index in [1.165, 1.54) is 5.56 Å². The van der Waals surface area contributed by atoms with Crippen molar-refractivity contribution in [2.24, 2.45) is 11.8 Å². The summed E-state index contributed by atoms with van der Waals surface area (Å²) in [5, 5.41) is 3.20. The van der Waals surface area contributed by atoms with Gasteiger partial charge in [-0.2, -0.15) is 0 Å². The largest absolute Gasteiger partial charge is 0.353 e. The Morgan fingerprint density at radius 1 is 1.19 bits per heavy atom. The van der Waals surface area contributed by atoms with Crippen molar-refractivity contribution < 1.29 is 9.59 Å². The molecule has 0 spiro atoms. The van der Waals surface area contributed by atoms with Gasteiger partial charge >= 0.3 is 0 Å². The molecule has 1 atom stereocenters. The van der Waals surface area contributed by atoms with Crippen LogP contribution in [0, 0.1) is 11.8 Å². The molecule has 5 nitrogen and oxygen atoms in total. The van der Waals surface area contributed by atoms with E-state index in [0.717, 1.165) is 39.0 Å². The molecular formula is C21H31N3O2. The number of rotatable bonds is 6. The van der Waals surface area contributed by atoms with Crippen LogP contribution in [0.4, 0.5) is 0 Å². The van der Waals surface area contributed by atoms with Crippen LogP contribution in [0.25, 0.3) is 0 Å². The lowest BCUT2D eigenvalue weighted by Gasteiger charge is -2.32. The lowest BCUT2D eigenvalue weighted by Crippen LogP contribution is -2.46. The zero-order chi connectivity index (χ0) is 18.5. The number of carbonyl (C=O) groups excluding carboxylic acids is 2. The Morgan fingerprint density at radius 3 is 2.54 bits per heavy atom. The first-order valence-corrected chi connectivity index (χ1v) is 9.85. The van der Waals surface area contributed by atoms with E-state index in [2.05, 4.69) is 48.3 Å². The van der Waals surface area contributed by atoms with Crippen LogP contribution in [0.2, 0.25) is 0 Å². The summed E-state index contributed by atoms with van der Waals surface area (Å²) in [6.07, 6.45) is 2.33. The van der Waals surface area contributed by atoms with Crippen molar-refractivity contribution in [3.8, 4) is 0 Å². The highest BCUT2D eigenvalue weighted by molar-refractivity contribution is 5.89. The highest BCUT2D eigenvalue weighted by Crippen LogP contribution is 2.20. The predicted octanol–water partition coefficient (Wildman–Crippen LogP) is 2.27. The first-order valence-electron chi connectivity index (χ1n) is 9.85. The molecule has 2 amide bonds. The van der Waals surface area contributed by atoms with Crippen molar-refractivity contribution in [2.75, 3.05) is 26.2 Å². The lowest BCUT2D eigenvalue weighted by molar-refractivity contribution is -0.129. The van der Waals surface area contributed by atoms with E-state index in [-0.39, 0.29) is 23.8 Å². The summed E-state index contributed by atoms with van der Waals surface area (Å²) >= 11 is 0. The van der Waals surface area contributed by atoms with E-state index in [1.807, 2.05) is 11.0 Å². The molecule has 142 valence electrons. The second-order valence-corrected chi connectivity index (χ2v) is 8.14. The Bertz CT molecular complexity index is 609. The number of hydrogen-bond donors (Lipinski definition) is 1. The molecule has 1 unspecified atom stereocenters. The smallest absolute Gasteiger partial charge is 0.225 e. The van der Waals surface area contributed by atoms with E-state index in [9.17, 15) is 9.59 Å². The van der Waals surface area contributed by atoms with Gasteiger partial charge in [0.1, 0.15) is 0 Å². The van der Waals surface area contributed by atoms with Crippen LogP contribution >= 0.6 is 0 Å². The maximum Gasteiger partial charge on any atom is 0.225 e. The molecule has 2 saturated heterocycles. The topological polar surface area (TPSA) is 52.7 Å². The minimum absolute atomic E-state index is 0.0612. The van der Waals surface area contributed by atoms with Gasteiger partial charge in [-0.1, -0.05) is 44.2 Å². The van der Waals surface area contributed by atoms with Crippen molar-refractivity contribution in [2.45, 2.75) is 45.7 Å². The molecule has 0 aromatic heterocycles. The minimum atomic E-state index is -0.177. The molecule has 0 radical (unpaired) electrons. The summed E-state index contributed by atoms with van der Waals surface area (Å²) in [5.41, 5.74) is 1.34. The molecule has 2 heterocycles. The fraction of sp³-hybridized carbons (Fsp3) is 0.619. The fourth-order valence-electron chi connectivity index (χ4n) is 3.96. The lowest BCUT2D eigenvalue weighted by atomic mass is 10.0. The number of nitrogens with one attached hydrogen (secondary N) is 1. The standard InChI is InChI=1S/C21H31N3O2/c1-16(2)13-24-15-18(12-20(24)25)21(26)22-19-8-10-23(11-9-19)14-17-6-4-3-5-7-17/h3-7,16,18-19H,8-15H2,1-2H3,(H,22,26). The van der Waals surface area contributed by atoms with Crippen LogP contribution in [0.15, 0.2) is 30.3 Å². The Balaban J connectivity index is 1.42. The third-order valence-corrected chi connectivity index (χ3v) is 5.35. The number of likely N-dealkylation sites (tertiary alicyclic amines) is 2. The van der Waals surface area contributed by atoms with Gasteiger partial charge in [-0.15, -0.1) is 0 Å². The second-order valence-electron chi connectivity index (χ2n) is 8.14. The van der Waals surface area contributed by atoms with Crippen molar-refractivity contribution in [3.05, 3.63) is 35.9 Å². The molecular weight excluding hydrogens is 326 g/mol. The van der Waals surface area contributed by atoms with Crippen LogP contribution in [0.5, 0.6) is 0 Å². The van der Waals surface area contributed by atoms with Crippen LogP contribution in [-0.2, 0) is 16.1 Å². The molecule has 1 N–H and O–H groups in total. The second kappa shape index (κ2) is 8.67. The fourth-order valence-corrected chi connectivity index (χ4v) is 3.96. The van der Waals surface area contributed by atoms with Crippen molar-refractivity contribution in [3.63, 3.8) is 0 Å². The summed E-state index contributed by atoms with van der Waals surface area (Å²) in [7, 11) is 0. The van der Waals surface area contributed by atoms with Crippen molar-refractivity contribution >= 4 is 11.8 Å². The van der Waals surface area contributed by atoms with Crippen molar-refractivity contribution in [1.29, 1.82) is 0 Å². The Kier molecular flexibility index (Phi) is 6.30. The number of benzene rings is 1. The van der Waals surface area contributed by atoms with Gasteiger partial charge in [0.05, 0.1) is 5.92 Å². The number of carbonyl (C=O) groups is 2. The molecule has 26 heavy (non-hydrogen) atoms. The number of amides is 2. The van der Waals surface area contributed by atoms with Gasteiger partial charge in [-0.3, -0.25) is 14.5 Å². The molecule has 2 aliphatic rings. The van der Waals surface area contributed by atoms with Gasteiger partial charge in [0, 0.05) is 45.2 Å². The summed E-state index contributed by atoms with van der Waals surface area (Å²) in [6.45, 7) is 8.51. The first kappa shape index (κ1) is 18.9. The molecule has 3 rings (SSSR count). The number of piperidine rings is 1. The van der Waals surface area contributed by atoms with Gasteiger partial charge in [0.25, 0.3) is 0 Å². The van der Waals surface area contributed by atoms with E-state index in [0.29, 0.717) is 18.9 Å². The maximum atomic E-state index is 12.6. The van der Waals surface area contributed by atoms with E-state index >= 15 is 0 Å². The molecule has 2 aliphatic heterocycles. The molecule has 1 aromatic carbocycles. The van der Waals surface area contributed by atoms with Gasteiger partial charge < -0.3 is 10.2 Å². The molecule has 0 bridgehead atoms. The van der Waals surface area contributed by atoms with Crippen LogP contribution < -0.4 is 5.32 Å².